The van der Waals surface area contributed by atoms with E-state index < -0.39 is 0 Å². The lowest BCUT2D eigenvalue weighted by Gasteiger charge is -2.14. The van der Waals surface area contributed by atoms with Gasteiger partial charge in [-0.2, -0.15) is 0 Å². The maximum absolute atomic E-state index is 6.33. The van der Waals surface area contributed by atoms with Crippen LogP contribution in [0.5, 0.6) is 0 Å². The van der Waals surface area contributed by atoms with Gasteiger partial charge < -0.3 is 5.73 Å². The number of anilines is 1. The van der Waals surface area contributed by atoms with Crippen molar-refractivity contribution in [3.05, 3.63) is 16.3 Å². The van der Waals surface area contributed by atoms with E-state index in [2.05, 4.69) is 0 Å². The Kier molecular flexibility index (Phi) is 3.57. The summed E-state index contributed by atoms with van der Waals surface area (Å²) in [6, 6.07) is 0. The molecule has 2 aromatic rings. The molecule has 3 nitrogen and oxygen atoms in total. The van der Waals surface area contributed by atoms with Crippen molar-refractivity contribution in [1.82, 2.24) is 9.97 Å². The summed E-state index contributed by atoms with van der Waals surface area (Å²) in [5.41, 5.74) is 7.78. The number of aryl methyl sites for hydroxylation is 2. The fourth-order valence-corrected chi connectivity index (χ4v) is 5.20. The Labute approximate surface area is 130 Å². The average molecular weight is 301 g/mol. The Morgan fingerprint density at radius 2 is 1.67 bits per heavy atom. The first-order chi connectivity index (χ1) is 10.3. The zero-order valence-electron chi connectivity index (χ0n) is 12.5. The minimum Gasteiger partial charge on any atom is -0.383 e. The molecule has 0 aliphatic heterocycles. The number of hydrogen-bond acceptors (Lipinski definition) is 4. The molecule has 4 rings (SSSR count). The normalized spacial score (nSPS) is 20.4. The van der Waals surface area contributed by atoms with Crippen LogP contribution in [0.3, 0.4) is 0 Å². The Morgan fingerprint density at radius 3 is 2.48 bits per heavy atom. The van der Waals surface area contributed by atoms with Crippen molar-refractivity contribution in [2.24, 2.45) is 0 Å². The third kappa shape index (κ3) is 2.44. The standard InChI is InChI=1S/C17H23N3S/c18-15-14-12-9-5-6-10-13(12)21-17(14)20-16(19-15)11-7-3-1-2-4-8-11/h11H,1-10H2,(H2,18,19,20). The van der Waals surface area contributed by atoms with Crippen LogP contribution in [0.25, 0.3) is 10.2 Å². The third-order valence-electron chi connectivity index (χ3n) is 5.08. The summed E-state index contributed by atoms with van der Waals surface area (Å²) in [6.07, 6.45) is 12.8. The molecule has 0 aromatic carbocycles. The number of fused-ring (bicyclic) bond motifs is 3. The van der Waals surface area contributed by atoms with E-state index in [0.29, 0.717) is 5.92 Å². The van der Waals surface area contributed by atoms with Gasteiger partial charge in [0.05, 0.1) is 5.39 Å². The molecule has 1 fully saturated rings. The molecule has 1 saturated carbocycles. The van der Waals surface area contributed by atoms with Gasteiger partial charge in [-0.1, -0.05) is 25.7 Å². The Balaban J connectivity index is 1.78. The topological polar surface area (TPSA) is 51.8 Å². The van der Waals surface area contributed by atoms with E-state index in [9.17, 15) is 0 Å². The van der Waals surface area contributed by atoms with Crippen molar-refractivity contribution >= 4 is 27.4 Å². The van der Waals surface area contributed by atoms with Crippen LogP contribution in [0.1, 0.15) is 73.5 Å². The minimum absolute atomic E-state index is 0.526. The van der Waals surface area contributed by atoms with Gasteiger partial charge in [0, 0.05) is 10.8 Å². The second kappa shape index (κ2) is 5.56. The van der Waals surface area contributed by atoms with Crippen LogP contribution >= 0.6 is 11.3 Å². The highest BCUT2D eigenvalue weighted by Crippen LogP contribution is 2.39. The van der Waals surface area contributed by atoms with Crippen molar-refractivity contribution in [1.29, 1.82) is 0 Å². The van der Waals surface area contributed by atoms with E-state index in [-0.39, 0.29) is 0 Å². The average Bonchev–Trinajstić information content (AvgIpc) is 2.68. The summed E-state index contributed by atoms with van der Waals surface area (Å²) < 4.78 is 0. The highest BCUT2D eigenvalue weighted by molar-refractivity contribution is 7.19. The Hall–Kier alpha value is -1.16. The Morgan fingerprint density at radius 1 is 0.905 bits per heavy atom. The smallest absolute Gasteiger partial charge is 0.136 e. The zero-order valence-corrected chi connectivity index (χ0v) is 13.3. The van der Waals surface area contributed by atoms with Gasteiger partial charge in [0.25, 0.3) is 0 Å². The summed E-state index contributed by atoms with van der Waals surface area (Å²) in [6.45, 7) is 0. The van der Waals surface area contributed by atoms with E-state index in [4.69, 9.17) is 15.7 Å². The molecule has 0 radical (unpaired) electrons. The summed E-state index contributed by atoms with van der Waals surface area (Å²) in [7, 11) is 0. The van der Waals surface area contributed by atoms with Crippen molar-refractivity contribution in [3.8, 4) is 0 Å². The number of nitrogens with two attached hydrogens (primary N) is 1. The molecular formula is C17H23N3S. The molecule has 0 amide bonds. The predicted molar refractivity (Wildman–Crippen MR) is 88.9 cm³/mol. The van der Waals surface area contributed by atoms with Crippen molar-refractivity contribution < 1.29 is 0 Å². The quantitative estimate of drug-likeness (QED) is 0.784. The van der Waals surface area contributed by atoms with Gasteiger partial charge in [-0.3, -0.25) is 0 Å². The first-order valence-corrected chi connectivity index (χ1v) is 9.22. The molecule has 2 aliphatic carbocycles. The van der Waals surface area contributed by atoms with E-state index in [1.807, 2.05) is 11.3 Å². The van der Waals surface area contributed by atoms with E-state index in [1.165, 1.54) is 73.6 Å². The molecule has 0 spiro atoms. The van der Waals surface area contributed by atoms with Gasteiger partial charge in [-0.15, -0.1) is 11.3 Å². The molecule has 4 heteroatoms. The fourth-order valence-electron chi connectivity index (χ4n) is 3.92. The predicted octanol–water partition coefficient (Wildman–Crippen LogP) is 4.59. The van der Waals surface area contributed by atoms with Gasteiger partial charge in [0.2, 0.25) is 0 Å². The number of nitrogen functional groups attached to an aromatic ring is 1. The van der Waals surface area contributed by atoms with Crippen molar-refractivity contribution in [3.63, 3.8) is 0 Å². The van der Waals surface area contributed by atoms with Crippen LogP contribution in [0.4, 0.5) is 5.82 Å². The minimum atomic E-state index is 0.526. The van der Waals surface area contributed by atoms with Gasteiger partial charge in [0.15, 0.2) is 0 Å². The van der Waals surface area contributed by atoms with Gasteiger partial charge >= 0.3 is 0 Å². The molecule has 2 heterocycles. The summed E-state index contributed by atoms with van der Waals surface area (Å²) in [4.78, 5) is 12.3. The molecule has 0 saturated heterocycles. The second-order valence-corrected chi connectivity index (χ2v) is 7.63. The van der Waals surface area contributed by atoms with Gasteiger partial charge in [-0.25, -0.2) is 9.97 Å². The molecular weight excluding hydrogens is 278 g/mol. The molecule has 0 atom stereocenters. The van der Waals surface area contributed by atoms with Crippen molar-refractivity contribution in [2.45, 2.75) is 70.1 Å². The van der Waals surface area contributed by atoms with Crippen LogP contribution < -0.4 is 5.73 Å². The summed E-state index contributed by atoms with van der Waals surface area (Å²) in [5, 5.41) is 1.17. The summed E-state index contributed by atoms with van der Waals surface area (Å²) in [5.74, 6) is 2.28. The highest BCUT2D eigenvalue weighted by Gasteiger charge is 2.23. The molecule has 2 N–H and O–H groups in total. The molecule has 0 unspecified atom stereocenters. The molecule has 21 heavy (non-hydrogen) atoms. The highest BCUT2D eigenvalue weighted by atomic mass is 32.1. The monoisotopic (exact) mass is 301 g/mol. The lowest BCUT2D eigenvalue weighted by molar-refractivity contribution is 0.564. The lowest BCUT2D eigenvalue weighted by atomic mass is 9.96. The first kappa shape index (κ1) is 13.5. The zero-order chi connectivity index (χ0) is 14.2. The van der Waals surface area contributed by atoms with Crippen LogP contribution in [-0.2, 0) is 12.8 Å². The number of aromatic nitrogens is 2. The number of thiophene rings is 1. The number of rotatable bonds is 1. The first-order valence-electron chi connectivity index (χ1n) is 8.40. The maximum Gasteiger partial charge on any atom is 0.136 e. The summed E-state index contributed by atoms with van der Waals surface area (Å²) >= 11 is 1.87. The van der Waals surface area contributed by atoms with E-state index >= 15 is 0 Å². The largest absolute Gasteiger partial charge is 0.383 e. The van der Waals surface area contributed by atoms with E-state index in [1.54, 1.807) is 0 Å². The van der Waals surface area contributed by atoms with Crippen LogP contribution in [0.2, 0.25) is 0 Å². The van der Waals surface area contributed by atoms with E-state index in [0.717, 1.165) is 22.9 Å². The SMILES string of the molecule is Nc1nc(C2CCCCCC2)nc2sc3c(c12)CCCC3. The third-order valence-corrected chi connectivity index (χ3v) is 6.27. The molecule has 2 aromatic heterocycles. The number of hydrogen-bond donors (Lipinski definition) is 1. The Bertz CT molecular complexity index is 654. The second-order valence-electron chi connectivity index (χ2n) is 6.55. The molecule has 2 aliphatic rings. The maximum atomic E-state index is 6.33. The number of nitrogens with zero attached hydrogens (tertiary/aromatic N) is 2. The van der Waals surface area contributed by atoms with Crippen LogP contribution in [0, 0.1) is 0 Å². The molecule has 112 valence electrons. The van der Waals surface area contributed by atoms with Crippen LogP contribution in [0.15, 0.2) is 0 Å². The molecule has 0 bridgehead atoms. The van der Waals surface area contributed by atoms with Crippen LogP contribution in [-0.4, -0.2) is 9.97 Å². The fraction of sp³-hybridized carbons (Fsp3) is 0.647. The van der Waals surface area contributed by atoms with Gasteiger partial charge in [-0.05, 0) is 44.1 Å². The lowest BCUT2D eigenvalue weighted by Crippen LogP contribution is -2.07. The van der Waals surface area contributed by atoms with Crippen molar-refractivity contribution in [2.75, 3.05) is 5.73 Å². The van der Waals surface area contributed by atoms with Gasteiger partial charge in [0.1, 0.15) is 16.5 Å².